The Balaban J connectivity index is 2.68. The van der Waals surface area contributed by atoms with E-state index < -0.39 is 0 Å². The average Bonchev–Trinajstić information content (AvgIpc) is 2.29. The van der Waals surface area contributed by atoms with Gasteiger partial charge in [-0.1, -0.05) is 0 Å². The molecule has 0 aliphatic carbocycles. The molecule has 0 saturated heterocycles. The van der Waals surface area contributed by atoms with Crippen LogP contribution in [0.4, 0.5) is 0 Å². The minimum Gasteiger partial charge on any atom is -0.507 e. The van der Waals surface area contributed by atoms with Crippen LogP contribution >= 0.6 is 11.6 Å². The third-order valence-corrected chi connectivity index (χ3v) is 2.56. The maximum absolute atomic E-state index is 11.7. The van der Waals surface area contributed by atoms with E-state index in [0.717, 1.165) is 12.8 Å². The van der Waals surface area contributed by atoms with Gasteiger partial charge in [0.2, 0.25) is 0 Å². The van der Waals surface area contributed by atoms with E-state index in [4.69, 9.17) is 16.3 Å². The quantitative estimate of drug-likeness (QED) is 0.474. The van der Waals surface area contributed by atoms with Gasteiger partial charge in [-0.3, -0.25) is 4.79 Å². The summed E-state index contributed by atoms with van der Waals surface area (Å²) < 4.78 is 4.94. The molecule has 0 aromatic heterocycles. The van der Waals surface area contributed by atoms with Crippen molar-refractivity contribution in [2.24, 2.45) is 0 Å². The summed E-state index contributed by atoms with van der Waals surface area (Å²) in [7, 11) is 1.51. The van der Waals surface area contributed by atoms with Crippen molar-refractivity contribution in [3.63, 3.8) is 0 Å². The normalized spacial score (nSPS) is 10.1. The van der Waals surface area contributed by atoms with Gasteiger partial charge in [0.05, 0.1) is 12.7 Å². The number of halogens is 1. The molecular formula is C12H15ClO3. The molecule has 0 aliphatic rings. The first-order valence-corrected chi connectivity index (χ1v) is 5.68. The topological polar surface area (TPSA) is 46.5 Å². The zero-order valence-electron chi connectivity index (χ0n) is 9.20. The first-order valence-electron chi connectivity index (χ1n) is 5.15. The number of Topliss-reactive ketones (excluding diaryl/α,β-unsaturated/α-hetero) is 1. The number of hydrogen-bond acceptors (Lipinski definition) is 3. The average molecular weight is 243 g/mol. The van der Waals surface area contributed by atoms with Crippen LogP contribution in [0.5, 0.6) is 11.5 Å². The van der Waals surface area contributed by atoms with Crippen LogP contribution in [0, 0.1) is 0 Å². The van der Waals surface area contributed by atoms with Gasteiger partial charge >= 0.3 is 0 Å². The number of hydrogen-bond donors (Lipinski definition) is 1. The number of unbranched alkanes of at least 4 members (excludes halogenated alkanes) is 1. The van der Waals surface area contributed by atoms with Crippen LogP contribution in [-0.2, 0) is 0 Å². The smallest absolute Gasteiger partial charge is 0.166 e. The third-order valence-electron chi connectivity index (χ3n) is 2.29. The van der Waals surface area contributed by atoms with E-state index in [2.05, 4.69) is 0 Å². The molecule has 16 heavy (non-hydrogen) atoms. The van der Waals surface area contributed by atoms with E-state index in [9.17, 15) is 9.90 Å². The largest absolute Gasteiger partial charge is 0.507 e. The molecule has 0 saturated carbocycles. The Hall–Kier alpha value is -1.22. The Labute approximate surface area is 100.0 Å². The van der Waals surface area contributed by atoms with Gasteiger partial charge in [0.25, 0.3) is 0 Å². The summed E-state index contributed by atoms with van der Waals surface area (Å²) in [6, 6.07) is 4.68. The van der Waals surface area contributed by atoms with Gasteiger partial charge in [0.15, 0.2) is 5.78 Å². The van der Waals surface area contributed by atoms with Gasteiger partial charge in [-0.2, -0.15) is 0 Å². The van der Waals surface area contributed by atoms with E-state index in [1.807, 2.05) is 0 Å². The van der Waals surface area contributed by atoms with E-state index in [1.165, 1.54) is 13.2 Å². The standard InChI is InChI=1S/C12H15ClO3/c1-16-9-5-6-10(12(15)8-9)11(14)4-2-3-7-13/h5-6,8,15H,2-4,7H2,1H3. The molecule has 0 amide bonds. The van der Waals surface area contributed by atoms with Gasteiger partial charge in [-0.05, 0) is 25.0 Å². The highest BCUT2D eigenvalue weighted by Gasteiger charge is 2.11. The molecule has 1 rings (SSSR count). The van der Waals surface area contributed by atoms with Gasteiger partial charge in [-0.15, -0.1) is 11.6 Å². The third kappa shape index (κ3) is 3.42. The maximum atomic E-state index is 11.7. The number of ketones is 1. The summed E-state index contributed by atoms with van der Waals surface area (Å²) >= 11 is 5.52. The Bertz CT molecular complexity index is 363. The Morgan fingerprint density at radius 3 is 2.75 bits per heavy atom. The lowest BCUT2D eigenvalue weighted by molar-refractivity contribution is 0.0977. The van der Waals surface area contributed by atoms with Crippen molar-refractivity contribution in [3.05, 3.63) is 23.8 Å². The van der Waals surface area contributed by atoms with Crippen LogP contribution < -0.4 is 4.74 Å². The van der Waals surface area contributed by atoms with Gasteiger partial charge in [-0.25, -0.2) is 0 Å². The second kappa shape index (κ2) is 6.38. The lowest BCUT2D eigenvalue weighted by Gasteiger charge is -2.05. The predicted molar refractivity (Wildman–Crippen MR) is 63.6 cm³/mol. The van der Waals surface area contributed by atoms with Crippen molar-refractivity contribution in [1.29, 1.82) is 0 Å². The lowest BCUT2D eigenvalue weighted by atomic mass is 10.0. The molecule has 0 aliphatic heterocycles. The summed E-state index contributed by atoms with van der Waals surface area (Å²) in [6.07, 6.45) is 1.96. The molecular weight excluding hydrogens is 228 g/mol. The number of benzene rings is 1. The van der Waals surface area contributed by atoms with Crippen LogP contribution in [0.2, 0.25) is 0 Å². The van der Waals surface area contributed by atoms with Crippen LogP contribution in [-0.4, -0.2) is 23.9 Å². The molecule has 0 fully saturated rings. The van der Waals surface area contributed by atoms with Gasteiger partial charge in [0.1, 0.15) is 11.5 Å². The van der Waals surface area contributed by atoms with Crippen molar-refractivity contribution in [1.82, 2.24) is 0 Å². The summed E-state index contributed by atoms with van der Waals surface area (Å²) in [5.41, 5.74) is 0.343. The highest BCUT2D eigenvalue weighted by atomic mass is 35.5. The Morgan fingerprint density at radius 1 is 1.44 bits per heavy atom. The number of alkyl halides is 1. The Kier molecular flexibility index (Phi) is 5.12. The highest BCUT2D eigenvalue weighted by molar-refractivity contribution is 6.17. The SMILES string of the molecule is COc1ccc(C(=O)CCCCCl)c(O)c1. The number of methoxy groups -OCH3 is 1. The fourth-order valence-corrected chi connectivity index (χ4v) is 1.58. The number of rotatable bonds is 6. The molecule has 3 nitrogen and oxygen atoms in total. The minimum atomic E-state index is -0.0646. The Morgan fingerprint density at radius 2 is 2.19 bits per heavy atom. The molecule has 0 spiro atoms. The van der Waals surface area contributed by atoms with E-state index in [1.54, 1.807) is 12.1 Å². The molecule has 1 N–H and O–H groups in total. The van der Waals surface area contributed by atoms with Crippen molar-refractivity contribution >= 4 is 17.4 Å². The van der Waals surface area contributed by atoms with Crippen LogP contribution in [0.15, 0.2) is 18.2 Å². The zero-order valence-corrected chi connectivity index (χ0v) is 9.96. The van der Waals surface area contributed by atoms with Crippen molar-refractivity contribution < 1.29 is 14.6 Å². The molecule has 0 unspecified atom stereocenters. The minimum absolute atomic E-state index is 0.0322. The molecule has 0 heterocycles. The predicted octanol–water partition coefficient (Wildman–Crippen LogP) is 2.99. The number of carbonyl (C=O) groups is 1. The second-order valence-corrected chi connectivity index (χ2v) is 3.83. The number of ether oxygens (including phenoxy) is 1. The zero-order chi connectivity index (χ0) is 12.0. The van der Waals surface area contributed by atoms with Crippen molar-refractivity contribution in [2.45, 2.75) is 19.3 Å². The summed E-state index contributed by atoms with van der Waals surface area (Å²) in [6.45, 7) is 0. The van der Waals surface area contributed by atoms with Crippen LogP contribution in [0.1, 0.15) is 29.6 Å². The maximum Gasteiger partial charge on any atom is 0.166 e. The molecule has 0 radical (unpaired) electrons. The van der Waals surface area contributed by atoms with E-state index in [0.29, 0.717) is 23.6 Å². The van der Waals surface area contributed by atoms with Gasteiger partial charge in [0, 0.05) is 18.4 Å². The monoisotopic (exact) mass is 242 g/mol. The molecule has 1 aromatic carbocycles. The first kappa shape index (κ1) is 12.8. The first-order chi connectivity index (χ1) is 7.69. The van der Waals surface area contributed by atoms with Crippen molar-refractivity contribution in [2.75, 3.05) is 13.0 Å². The molecule has 88 valence electrons. The second-order valence-electron chi connectivity index (χ2n) is 3.45. The molecule has 1 aromatic rings. The van der Waals surface area contributed by atoms with Crippen LogP contribution in [0.3, 0.4) is 0 Å². The van der Waals surface area contributed by atoms with Crippen LogP contribution in [0.25, 0.3) is 0 Å². The molecule has 4 heteroatoms. The number of carbonyl (C=O) groups excluding carboxylic acids is 1. The van der Waals surface area contributed by atoms with Gasteiger partial charge < -0.3 is 9.84 Å². The molecule has 0 bridgehead atoms. The summed E-state index contributed by atoms with van der Waals surface area (Å²) in [4.78, 5) is 11.7. The fourth-order valence-electron chi connectivity index (χ4n) is 1.39. The van der Waals surface area contributed by atoms with E-state index >= 15 is 0 Å². The van der Waals surface area contributed by atoms with Crippen molar-refractivity contribution in [3.8, 4) is 11.5 Å². The highest BCUT2D eigenvalue weighted by Crippen LogP contribution is 2.24. The lowest BCUT2D eigenvalue weighted by Crippen LogP contribution is -2.00. The number of phenolic OH excluding ortho intramolecular Hbond substituents is 1. The summed E-state index contributed by atoms with van der Waals surface area (Å²) in [5.74, 6) is 0.998. The fraction of sp³-hybridized carbons (Fsp3) is 0.417. The number of aromatic hydroxyl groups is 1. The molecule has 0 atom stereocenters. The summed E-state index contributed by atoms with van der Waals surface area (Å²) in [5, 5.41) is 9.62. The number of phenols is 1. The van der Waals surface area contributed by atoms with E-state index in [-0.39, 0.29) is 11.5 Å².